The van der Waals surface area contributed by atoms with Gasteiger partial charge in [-0.15, -0.1) is 0 Å². The van der Waals surface area contributed by atoms with Crippen LogP contribution in [0.5, 0.6) is 5.88 Å². The molecule has 0 fully saturated rings. The fourth-order valence-corrected chi connectivity index (χ4v) is 4.31. The van der Waals surface area contributed by atoms with Gasteiger partial charge in [0, 0.05) is 37.0 Å². The number of nitrogens with one attached hydrogen (secondary N) is 1. The first-order chi connectivity index (χ1) is 15.2. The van der Waals surface area contributed by atoms with Gasteiger partial charge in [0.1, 0.15) is 21.9 Å². The molecule has 0 radical (unpaired) electrons. The molecule has 0 aliphatic heterocycles. The number of hydrogen-bond acceptors (Lipinski definition) is 6. The minimum Gasteiger partial charge on any atom is -0.480 e. The molecule has 0 saturated heterocycles. The number of pyridine rings is 2. The molecule has 1 N–H and O–H groups in total. The van der Waals surface area contributed by atoms with Gasteiger partial charge in [-0.05, 0) is 36.8 Å². The summed E-state index contributed by atoms with van der Waals surface area (Å²) >= 11 is 0. The van der Waals surface area contributed by atoms with Gasteiger partial charge in [0.25, 0.3) is 10.0 Å². The number of carbonyl (C=O) groups excluding carboxylic acids is 1. The van der Waals surface area contributed by atoms with Crippen molar-refractivity contribution in [2.45, 2.75) is 25.2 Å². The Kier molecular flexibility index (Phi) is 6.73. The molecular formula is C22H23FN4O4S. The van der Waals surface area contributed by atoms with Crippen molar-refractivity contribution in [3.05, 3.63) is 65.7 Å². The number of halogens is 1. The maximum Gasteiger partial charge on any atom is 0.264 e. The van der Waals surface area contributed by atoms with E-state index in [1.807, 2.05) is 6.92 Å². The SMILES string of the molecule is CCC(=O)n1cc(-c2cnc(OC)c(NS(=O)(=O)c3ccccc3F)c2)c(C)cc1=NC. The summed E-state index contributed by atoms with van der Waals surface area (Å²) in [5.41, 5.74) is 2.53. The lowest BCUT2D eigenvalue weighted by Crippen LogP contribution is -2.27. The highest BCUT2D eigenvalue weighted by Crippen LogP contribution is 2.31. The summed E-state index contributed by atoms with van der Waals surface area (Å²) in [4.78, 5) is 20.2. The number of anilines is 1. The fourth-order valence-electron chi connectivity index (χ4n) is 3.18. The van der Waals surface area contributed by atoms with Crippen LogP contribution in [0.2, 0.25) is 0 Å². The van der Waals surface area contributed by atoms with E-state index in [1.165, 1.54) is 36.1 Å². The molecule has 0 bridgehead atoms. The van der Waals surface area contributed by atoms with Crippen molar-refractivity contribution in [2.75, 3.05) is 18.9 Å². The molecule has 0 atom stereocenters. The zero-order valence-corrected chi connectivity index (χ0v) is 18.9. The number of sulfonamides is 1. The van der Waals surface area contributed by atoms with Crippen molar-refractivity contribution in [1.29, 1.82) is 0 Å². The van der Waals surface area contributed by atoms with E-state index in [4.69, 9.17) is 4.74 Å². The molecule has 3 aromatic rings. The number of methoxy groups -OCH3 is 1. The lowest BCUT2D eigenvalue weighted by Gasteiger charge is -2.15. The Morgan fingerprint density at radius 3 is 2.62 bits per heavy atom. The number of benzene rings is 1. The summed E-state index contributed by atoms with van der Waals surface area (Å²) in [5, 5.41) is 0. The van der Waals surface area contributed by atoms with Crippen molar-refractivity contribution < 1.29 is 22.3 Å². The topological polar surface area (TPSA) is 103 Å². The van der Waals surface area contributed by atoms with Crippen molar-refractivity contribution in [1.82, 2.24) is 9.55 Å². The average molecular weight is 459 g/mol. The maximum absolute atomic E-state index is 14.1. The van der Waals surface area contributed by atoms with Crippen LogP contribution in [0.1, 0.15) is 23.7 Å². The average Bonchev–Trinajstić information content (AvgIpc) is 2.78. The van der Waals surface area contributed by atoms with Crippen LogP contribution in [-0.2, 0) is 10.0 Å². The number of aromatic nitrogens is 2. The normalized spacial score (nSPS) is 12.0. The van der Waals surface area contributed by atoms with E-state index in [9.17, 15) is 17.6 Å². The molecule has 8 nitrogen and oxygen atoms in total. The van der Waals surface area contributed by atoms with Gasteiger partial charge in [0.05, 0.1) is 7.11 Å². The quantitative estimate of drug-likeness (QED) is 0.610. The van der Waals surface area contributed by atoms with E-state index in [2.05, 4.69) is 14.7 Å². The lowest BCUT2D eigenvalue weighted by molar-refractivity contribution is 0.0903. The van der Waals surface area contributed by atoms with Crippen LogP contribution in [0.3, 0.4) is 0 Å². The molecule has 0 unspecified atom stereocenters. The van der Waals surface area contributed by atoms with Gasteiger partial charge in [0.2, 0.25) is 11.8 Å². The standard InChI is InChI=1S/C22H23FN4O4S/c1-5-21(28)27-13-16(14(2)10-20(27)24-3)15-11-18(22(31-4)25-12-15)26-32(29,30)19-9-7-6-8-17(19)23/h6-13,26H,5H2,1-4H3. The fraction of sp³-hybridized carbons (Fsp3) is 0.227. The van der Waals surface area contributed by atoms with E-state index in [1.54, 1.807) is 26.2 Å². The first-order valence-electron chi connectivity index (χ1n) is 9.73. The zero-order chi connectivity index (χ0) is 23.5. The van der Waals surface area contributed by atoms with Crippen LogP contribution in [-0.4, -0.2) is 38.0 Å². The number of hydrogen-bond donors (Lipinski definition) is 1. The second kappa shape index (κ2) is 9.31. The summed E-state index contributed by atoms with van der Waals surface area (Å²) in [6, 6.07) is 8.34. The van der Waals surface area contributed by atoms with E-state index in [0.717, 1.165) is 17.7 Å². The molecule has 1 aromatic carbocycles. The molecule has 2 heterocycles. The van der Waals surface area contributed by atoms with Crippen LogP contribution >= 0.6 is 0 Å². The molecule has 0 aliphatic carbocycles. The Morgan fingerprint density at radius 2 is 2.00 bits per heavy atom. The van der Waals surface area contributed by atoms with Gasteiger partial charge < -0.3 is 4.74 Å². The van der Waals surface area contributed by atoms with Crippen molar-refractivity contribution in [2.24, 2.45) is 4.99 Å². The largest absolute Gasteiger partial charge is 0.480 e. The predicted octanol–water partition coefficient (Wildman–Crippen LogP) is 3.39. The molecule has 10 heteroatoms. The zero-order valence-electron chi connectivity index (χ0n) is 18.1. The highest BCUT2D eigenvalue weighted by molar-refractivity contribution is 7.92. The van der Waals surface area contributed by atoms with Gasteiger partial charge in [-0.2, -0.15) is 0 Å². The minimum atomic E-state index is -4.24. The lowest BCUT2D eigenvalue weighted by atomic mass is 10.0. The van der Waals surface area contributed by atoms with Crippen LogP contribution in [0.4, 0.5) is 10.1 Å². The van der Waals surface area contributed by atoms with Crippen LogP contribution in [0, 0.1) is 12.7 Å². The van der Waals surface area contributed by atoms with Crippen molar-refractivity contribution in [3.8, 4) is 17.0 Å². The Hall–Kier alpha value is -3.53. The number of nitrogens with zero attached hydrogens (tertiary/aromatic N) is 3. The van der Waals surface area contributed by atoms with Crippen molar-refractivity contribution >= 4 is 21.6 Å². The molecule has 168 valence electrons. The Labute approximate surface area is 185 Å². The maximum atomic E-state index is 14.1. The Balaban J connectivity index is 2.14. The third-order valence-corrected chi connectivity index (χ3v) is 6.20. The summed E-state index contributed by atoms with van der Waals surface area (Å²) in [6.07, 6.45) is 3.43. The van der Waals surface area contributed by atoms with Gasteiger partial charge in [-0.3, -0.25) is 19.1 Å². The Bertz CT molecular complexity index is 1350. The summed E-state index contributed by atoms with van der Waals surface area (Å²) in [7, 11) is -1.30. The minimum absolute atomic E-state index is 0.0176. The highest BCUT2D eigenvalue weighted by atomic mass is 32.2. The summed E-state index contributed by atoms with van der Waals surface area (Å²) in [6.45, 7) is 3.59. The molecule has 3 rings (SSSR count). The van der Waals surface area contributed by atoms with Gasteiger partial charge in [-0.1, -0.05) is 19.1 Å². The van der Waals surface area contributed by atoms with E-state index >= 15 is 0 Å². The molecule has 0 spiro atoms. The molecule has 0 aliphatic rings. The smallest absolute Gasteiger partial charge is 0.264 e. The molecule has 2 aromatic heterocycles. The summed E-state index contributed by atoms with van der Waals surface area (Å²) in [5.74, 6) is -1.00. The van der Waals surface area contributed by atoms with Crippen molar-refractivity contribution in [3.63, 3.8) is 0 Å². The van der Waals surface area contributed by atoms with E-state index < -0.39 is 20.7 Å². The molecule has 32 heavy (non-hydrogen) atoms. The van der Waals surface area contributed by atoms with Crippen LogP contribution in [0.25, 0.3) is 11.1 Å². The van der Waals surface area contributed by atoms with Crippen LogP contribution in [0.15, 0.2) is 58.7 Å². The third kappa shape index (κ3) is 4.54. The van der Waals surface area contributed by atoms with Gasteiger partial charge in [-0.25, -0.2) is 17.8 Å². The number of rotatable bonds is 6. The number of aryl methyl sites for hydroxylation is 1. The van der Waals surface area contributed by atoms with E-state index in [0.29, 0.717) is 16.6 Å². The highest BCUT2D eigenvalue weighted by Gasteiger charge is 2.22. The first kappa shape index (κ1) is 23.1. The van der Waals surface area contributed by atoms with Gasteiger partial charge >= 0.3 is 0 Å². The second-order valence-electron chi connectivity index (χ2n) is 6.89. The Morgan fingerprint density at radius 1 is 1.28 bits per heavy atom. The first-order valence-corrected chi connectivity index (χ1v) is 11.2. The summed E-state index contributed by atoms with van der Waals surface area (Å²) < 4.78 is 48.6. The van der Waals surface area contributed by atoms with E-state index in [-0.39, 0.29) is 23.9 Å². The molecule has 0 saturated carbocycles. The van der Waals surface area contributed by atoms with Gasteiger partial charge in [0.15, 0.2) is 0 Å². The monoisotopic (exact) mass is 458 g/mol. The predicted molar refractivity (Wildman–Crippen MR) is 119 cm³/mol. The number of carbonyl (C=O) groups is 1. The number of ether oxygens (including phenoxy) is 1. The van der Waals surface area contributed by atoms with Crippen LogP contribution < -0.4 is 14.9 Å². The molecular weight excluding hydrogens is 435 g/mol. The second-order valence-corrected chi connectivity index (χ2v) is 8.54. The third-order valence-electron chi connectivity index (χ3n) is 4.80. The molecule has 0 amide bonds.